The Labute approximate surface area is 59.2 Å². The Morgan fingerprint density at radius 2 is 2.40 bits per heavy atom. The lowest BCUT2D eigenvalue weighted by Crippen LogP contribution is -2.23. The normalized spacial score (nSPS) is 12.2. The van der Waals surface area contributed by atoms with Crippen LogP contribution in [0.3, 0.4) is 0 Å². The third-order valence-electron chi connectivity index (χ3n) is 0.906. The molecule has 2 N–H and O–H groups in total. The van der Waals surface area contributed by atoms with Crippen LogP contribution in [0, 0.1) is 0 Å². The van der Waals surface area contributed by atoms with E-state index in [4.69, 9.17) is 5.11 Å². The Kier molecular flexibility index (Phi) is 4.49. The zero-order chi connectivity index (χ0) is 7.98. The Morgan fingerprint density at radius 1 is 1.80 bits per heavy atom. The highest BCUT2D eigenvalue weighted by molar-refractivity contribution is 5.82. The number of Topliss-reactive ketones (excluding diaryl/α,β-unsaturated/α-hetero) is 1. The van der Waals surface area contributed by atoms with Crippen molar-refractivity contribution in [2.24, 2.45) is 0 Å². The molecule has 0 heterocycles. The number of amides is 1. The number of nitrogens with one attached hydrogen (secondary N) is 1. The quantitative estimate of drug-likeness (QED) is 0.491. The maximum atomic E-state index is 10.6. The number of ketones is 1. The zero-order valence-corrected chi connectivity index (χ0v) is 5.83. The number of aliphatic hydroxyl groups excluding tert-OH is 1. The van der Waals surface area contributed by atoms with E-state index < -0.39 is 6.10 Å². The van der Waals surface area contributed by atoms with E-state index in [-0.39, 0.29) is 18.7 Å². The monoisotopic (exact) mass is 145 g/mol. The third kappa shape index (κ3) is 5.24. The lowest BCUT2D eigenvalue weighted by Gasteiger charge is -2.00. The van der Waals surface area contributed by atoms with Crippen molar-refractivity contribution >= 4 is 12.2 Å². The van der Waals surface area contributed by atoms with Crippen molar-refractivity contribution in [1.82, 2.24) is 5.32 Å². The van der Waals surface area contributed by atoms with Gasteiger partial charge in [0.2, 0.25) is 6.41 Å². The van der Waals surface area contributed by atoms with Crippen molar-refractivity contribution in [2.45, 2.75) is 19.4 Å². The number of aliphatic hydroxyl groups is 1. The molecule has 0 aliphatic heterocycles. The predicted octanol–water partition coefficient (Wildman–Crippen LogP) is -0.928. The summed E-state index contributed by atoms with van der Waals surface area (Å²) < 4.78 is 0. The van der Waals surface area contributed by atoms with Gasteiger partial charge in [-0.15, -0.1) is 0 Å². The Bertz CT molecular complexity index is 122. The summed E-state index contributed by atoms with van der Waals surface area (Å²) in [6.45, 7) is 1.53. The second-order valence-electron chi connectivity index (χ2n) is 2.09. The van der Waals surface area contributed by atoms with E-state index >= 15 is 0 Å². The molecule has 1 unspecified atom stereocenters. The molecule has 0 rings (SSSR count). The van der Waals surface area contributed by atoms with Gasteiger partial charge < -0.3 is 10.4 Å². The molecule has 1 amide bonds. The molecule has 10 heavy (non-hydrogen) atoms. The molecule has 0 aromatic rings. The minimum atomic E-state index is -0.624. The number of rotatable bonds is 5. The van der Waals surface area contributed by atoms with Gasteiger partial charge in [0.25, 0.3) is 0 Å². The highest BCUT2D eigenvalue weighted by atomic mass is 16.3. The maximum Gasteiger partial charge on any atom is 0.207 e. The van der Waals surface area contributed by atoms with Crippen molar-refractivity contribution in [3.05, 3.63) is 0 Å². The van der Waals surface area contributed by atoms with Crippen molar-refractivity contribution in [1.29, 1.82) is 0 Å². The fourth-order valence-electron chi connectivity index (χ4n) is 0.557. The average Bonchev–Trinajstić information content (AvgIpc) is 1.82. The summed E-state index contributed by atoms with van der Waals surface area (Å²) in [5.41, 5.74) is 0. The molecule has 0 fully saturated rings. The predicted molar refractivity (Wildman–Crippen MR) is 35.4 cm³/mol. The van der Waals surface area contributed by atoms with Crippen molar-refractivity contribution < 1.29 is 14.7 Å². The van der Waals surface area contributed by atoms with E-state index in [1.54, 1.807) is 0 Å². The largest absolute Gasteiger partial charge is 0.393 e. The van der Waals surface area contributed by atoms with E-state index in [1.807, 2.05) is 0 Å². The lowest BCUT2D eigenvalue weighted by molar-refractivity contribution is -0.121. The second-order valence-corrected chi connectivity index (χ2v) is 2.09. The van der Waals surface area contributed by atoms with Crippen molar-refractivity contribution in [2.75, 3.05) is 6.54 Å². The highest BCUT2D eigenvalue weighted by Crippen LogP contribution is 1.88. The van der Waals surface area contributed by atoms with Gasteiger partial charge in [0.15, 0.2) is 5.78 Å². The summed E-state index contributed by atoms with van der Waals surface area (Å²) in [6, 6.07) is 0. The van der Waals surface area contributed by atoms with Crippen LogP contribution in [0.1, 0.15) is 13.3 Å². The lowest BCUT2D eigenvalue weighted by atomic mass is 10.2. The molecule has 0 aliphatic rings. The topological polar surface area (TPSA) is 66.4 Å². The number of carbonyl (C=O) groups is 2. The smallest absolute Gasteiger partial charge is 0.207 e. The van der Waals surface area contributed by atoms with Crippen LogP contribution in [0.15, 0.2) is 0 Å². The van der Waals surface area contributed by atoms with E-state index in [0.717, 1.165) is 0 Å². The van der Waals surface area contributed by atoms with Gasteiger partial charge in [-0.2, -0.15) is 0 Å². The van der Waals surface area contributed by atoms with Crippen molar-refractivity contribution in [3.8, 4) is 0 Å². The van der Waals surface area contributed by atoms with Crippen LogP contribution in [0.5, 0.6) is 0 Å². The molecule has 0 aliphatic carbocycles. The number of hydrogen-bond acceptors (Lipinski definition) is 3. The second kappa shape index (κ2) is 4.93. The molecule has 0 spiro atoms. The summed E-state index contributed by atoms with van der Waals surface area (Å²) in [5.74, 6) is -0.165. The average molecular weight is 145 g/mol. The fraction of sp³-hybridized carbons (Fsp3) is 0.667. The van der Waals surface area contributed by atoms with Gasteiger partial charge in [0, 0.05) is 6.42 Å². The van der Waals surface area contributed by atoms with E-state index in [9.17, 15) is 9.59 Å². The Hall–Kier alpha value is -0.900. The summed E-state index contributed by atoms with van der Waals surface area (Å²) in [4.78, 5) is 20.3. The third-order valence-corrected chi connectivity index (χ3v) is 0.906. The summed E-state index contributed by atoms with van der Waals surface area (Å²) in [5, 5.41) is 10.9. The minimum absolute atomic E-state index is 0.00833. The standard InChI is InChI=1S/C6H11NO3/c1-5(9)2-6(10)3-7-4-8/h4-5,9H,2-3H2,1H3,(H,7,8). The van der Waals surface area contributed by atoms with Crippen LogP contribution in [0.25, 0.3) is 0 Å². The Balaban J connectivity index is 3.34. The molecular weight excluding hydrogens is 134 g/mol. The van der Waals surface area contributed by atoms with Crippen LogP contribution in [-0.2, 0) is 9.59 Å². The number of carbonyl (C=O) groups excluding carboxylic acids is 2. The molecule has 0 aromatic heterocycles. The molecule has 0 radical (unpaired) electrons. The summed E-state index contributed by atoms with van der Waals surface area (Å²) in [7, 11) is 0. The molecule has 0 aromatic carbocycles. The zero-order valence-electron chi connectivity index (χ0n) is 5.83. The van der Waals surface area contributed by atoms with Crippen LogP contribution in [0.2, 0.25) is 0 Å². The number of hydrogen-bond donors (Lipinski definition) is 2. The van der Waals surface area contributed by atoms with Gasteiger partial charge in [-0.3, -0.25) is 9.59 Å². The molecule has 58 valence electrons. The first-order valence-electron chi connectivity index (χ1n) is 3.03. The van der Waals surface area contributed by atoms with Crippen LogP contribution in [0.4, 0.5) is 0 Å². The Morgan fingerprint density at radius 3 is 2.80 bits per heavy atom. The van der Waals surface area contributed by atoms with Gasteiger partial charge >= 0.3 is 0 Å². The van der Waals surface area contributed by atoms with Gasteiger partial charge in [-0.25, -0.2) is 0 Å². The molecule has 4 nitrogen and oxygen atoms in total. The van der Waals surface area contributed by atoms with Gasteiger partial charge in [-0.05, 0) is 6.92 Å². The van der Waals surface area contributed by atoms with Crippen LogP contribution in [-0.4, -0.2) is 29.9 Å². The SMILES string of the molecule is CC(O)CC(=O)CNC=O. The van der Waals surface area contributed by atoms with Crippen LogP contribution < -0.4 is 5.32 Å². The van der Waals surface area contributed by atoms with Crippen LogP contribution >= 0.6 is 0 Å². The molecule has 0 saturated carbocycles. The molecular formula is C6H11NO3. The van der Waals surface area contributed by atoms with Gasteiger partial charge in [-0.1, -0.05) is 0 Å². The fourth-order valence-corrected chi connectivity index (χ4v) is 0.557. The first-order valence-corrected chi connectivity index (χ1v) is 3.03. The highest BCUT2D eigenvalue weighted by Gasteiger charge is 2.03. The van der Waals surface area contributed by atoms with E-state index in [0.29, 0.717) is 6.41 Å². The summed E-state index contributed by atoms with van der Waals surface area (Å²) >= 11 is 0. The van der Waals surface area contributed by atoms with E-state index in [2.05, 4.69) is 5.32 Å². The molecule has 0 saturated heterocycles. The van der Waals surface area contributed by atoms with Gasteiger partial charge in [0.05, 0.1) is 12.6 Å². The molecule has 4 heteroatoms. The first-order chi connectivity index (χ1) is 4.66. The minimum Gasteiger partial charge on any atom is -0.393 e. The molecule has 0 bridgehead atoms. The maximum absolute atomic E-state index is 10.6. The molecule has 1 atom stereocenters. The summed E-state index contributed by atoms with van der Waals surface area (Å²) in [6.07, 6.45) is -0.0678. The first kappa shape index (κ1) is 9.10. The van der Waals surface area contributed by atoms with Gasteiger partial charge in [0.1, 0.15) is 0 Å². The van der Waals surface area contributed by atoms with E-state index in [1.165, 1.54) is 6.92 Å². The van der Waals surface area contributed by atoms with Crippen molar-refractivity contribution in [3.63, 3.8) is 0 Å².